The number of hydrogen-bond acceptors (Lipinski definition) is 2. The van der Waals surface area contributed by atoms with Crippen molar-refractivity contribution in [1.29, 1.82) is 0 Å². The fourth-order valence-corrected chi connectivity index (χ4v) is 2.28. The maximum Gasteiger partial charge on any atom is 0.165 e. The Balaban J connectivity index is 1.92. The maximum atomic E-state index is 13.6. The summed E-state index contributed by atoms with van der Waals surface area (Å²) in [7, 11) is 0. The quantitative estimate of drug-likeness (QED) is 0.829. The van der Waals surface area contributed by atoms with Gasteiger partial charge in [0.05, 0.1) is 6.61 Å². The van der Waals surface area contributed by atoms with E-state index in [2.05, 4.69) is 5.32 Å². The third-order valence-corrected chi connectivity index (χ3v) is 3.27. The normalized spacial score (nSPS) is 24.4. The van der Waals surface area contributed by atoms with Crippen LogP contribution in [-0.2, 0) is 0 Å². The van der Waals surface area contributed by atoms with Gasteiger partial charge in [0, 0.05) is 17.6 Å². The van der Waals surface area contributed by atoms with Gasteiger partial charge in [0.15, 0.2) is 11.6 Å². The molecule has 0 spiro atoms. The van der Waals surface area contributed by atoms with Crippen LogP contribution in [0.4, 0.5) is 4.39 Å². The molecular formula is C13H16FNO. The van der Waals surface area contributed by atoms with Crippen molar-refractivity contribution in [1.82, 2.24) is 5.32 Å². The lowest BCUT2D eigenvalue weighted by molar-refractivity contribution is 0.300. The molecule has 1 fully saturated rings. The van der Waals surface area contributed by atoms with Crippen molar-refractivity contribution in [2.45, 2.75) is 37.8 Å². The highest BCUT2D eigenvalue weighted by molar-refractivity contribution is 5.38. The first-order valence-corrected chi connectivity index (χ1v) is 6.02. The Kier molecular flexibility index (Phi) is 2.56. The predicted octanol–water partition coefficient (Wildman–Crippen LogP) is 2.79. The Hall–Kier alpha value is -1.09. The van der Waals surface area contributed by atoms with Gasteiger partial charge in [-0.05, 0) is 31.7 Å². The minimum absolute atomic E-state index is 0.234. The summed E-state index contributed by atoms with van der Waals surface area (Å²) in [6.07, 6.45) is 4.52. The SMILES string of the molecule is Fc1cccc2c1OCCCC2NC1CC1. The summed E-state index contributed by atoms with van der Waals surface area (Å²) in [5, 5.41) is 3.57. The molecule has 1 aliphatic heterocycles. The summed E-state index contributed by atoms with van der Waals surface area (Å²) in [4.78, 5) is 0. The van der Waals surface area contributed by atoms with E-state index in [0.29, 0.717) is 18.4 Å². The number of para-hydroxylation sites is 1. The third-order valence-electron chi connectivity index (χ3n) is 3.27. The van der Waals surface area contributed by atoms with Crippen molar-refractivity contribution in [3.8, 4) is 5.75 Å². The zero-order chi connectivity index (χ0) is 11.0. The summed E-state index contributed by atoms with van der Waals surface area (Å²) >= 11 is 0. The van der Waals surface area contributed by atoms with Crippen LogP contribution in [0.15, 0.2) is 18.2 Å². The lowest BCUT2D eigenvalue weighted by Crippen LogP contribution is -2.23. The molecule has 1 aromatic carbocycles. The van der Waals surface area contributed by atoms with E-state index in [9.17, 15) is 4.39 Å². The molecule has 1 aromatic rings. The Morgan fingerprint density at radius 3 is 2.94 bits per heavy atom. The van der Waals surface area contributed by atoms with E-state index in [-0.39, 0.29) is 11.9 Å². The van der Waals surface area contributed by atoms with E-state index in [1.165, 1.54) is 18.9 Å². The molecule has 3 rings (SSSR count). The summed E-state index contributed by atoms with van der Waals surface area (Å²) in [5.74, 6) is 0.222. The molecule has 1 saturated carbocycles. The second kappa shape index (κ2) is 4.06. The number of rotatable bonds is 2. The molecule has 0 saturated heterocycles. The fraction of sp³-hybridized carbons (Fsp3) is 0.538. The average molecular weight is 221 g/mol. The molecule has 1 unspecified atom stereocenters. The molecule has 1 atom stereocenters. The summed E-state index contributed by atoms with van der Waals surface area (Å²) < 4.78 is 19.1. The van der Waals surface area contributed by atoms with Crippen molar-refractivity contribution in [3.63, 3.8) is 0 Å². The van der Waals surface area contributed by atoms with Gasteiger partial charge in [-0.3, -0.25) is 0 Å². The number of nitrogens with one attached hydrogen (secondary N) is 1. The lowest BCUT2D eigenvalue weighted by atomic mass is 10.0. The molecule has 0 aromatic heterocycles. The molecular weight excluding hydrogens is 205 g/mol. The molecule has 2 aliphatic rings. The predicted molar refractivity (Wildman–Crippen MR) is 60.0 cm³/mol. The highest BCUT2D eigenvalue weighted by atomic mass is 19.1. The Labute approximate surface area is 94.8 Å². The first-order chi connectivity index (χ1) is 7.84. The van der Waals surface area contributed by atoms with Gasteiger partial charge in [0.25, 0.3) is 0 Å². The van der Waals surface area contributed by atoms with Crippen LogP contribution < -0.4 is 10.1 Å². The summed E-state index contributed by atoms with van der Waals surface area (Å²) in [6, 6.07) is 6.12. The topological polar surface area (TPSA) is 21.3 Å². The second-order valence-electron chi connectivity index (χ2n) is 4.64. The van der Waals surface area contributed by atoms with Crippen molar-refractivity contribution in [2.24, 2.45) is 0 Å². The fourth-order valence-electron chi connectivity index (χ4n) is 2.28. The standard InChI is InChI=1S/C13H16FNO/c14-11-4-1-3-10-12(15-9-6-7-9)5-2-8-16-13(10)11/h1,3-4,9,12,15H,2,5-8H2. The van der Waals surface area contributed by atoms with E-state index >= 15 is 0 Å². The summed E-state index contributed by atoms with van der Waals surface area (Å²) in [6.45, 7) is 0.622. The highest BCUT2D eigenvalue weighted by Gasteiger charge is 2.28. The van der Waals surface area contributed by atoms with E-state index in [1.54, 1.807) is 6.07 Å². The molecule has 0 bridgehead atoms. The minimum Gasteiger partial charge on any atom is -0.490 e. The van der Waals surface area contributed by atoms with Gasteiger partial charge in [-0.2, -0.15) is 0 Å². The smallest absolute Gasteiger partial charge is 0.165 e. The van der Waals surface area contributed by atoms with Gasteiger partial charge in [0.1, 0.15) is 0 Å². The molecule has 16 heavy (non-hydrogen) atoms. The van der Waals surface area contributed by atoms with E-state index < -0.39 is 0 Å². The van der Waals surface area contributed by atoms with Crippen molar-refractivity contribution in [2.75, 3.05) is 6.61 Å². The number of fused-ring (bicyclic) bond motifs is 1. The van der Waals surface area contributed by atoms with E-state index in [4.69, 9.17) is 4.74 Å². The van der Waals surface area contributed by atoms with E-state index in [0.717, 1.165) is 18.4 Å². The van der Waals surface area contributed by atoms with Crippen LogP contribution in [-0.4, -0.2) is 12.6 Å². The lowest BCUT2D eigenvalue weighted by Gasteiger charge is -2.18. The monoisotopic (exact) mass is 221 g/mol. The van der Waals surface area contributed by atoms with Gasteiger partial charge in [-0.15, -0.1) is 0 Å². The summed E-state index contributed by atoms with van der Waals surface area (Å²) in [5.41, 5.74) is 0.990. The number of halogens is 1. The molecule has 1 aliphatic carbocycles. The Morgan fingerprint density at radius 1 is 1.25 bits per heavy atom. The molecule has 3 heteroatoms. The highest BCUT2D eigenvalue weighted by Crippen LogP contribution is 2.35. The molecule has 0 radical (unpaired) electrons. The zero-order valence-corrected chi connectivity index (χ0v) is 9.21. The van der Waals surface area contributed by atoms with Crippen molar-refractivity contribution in [3.05, 3.63) is 29.6 Å². The van der Waals surface area contributed by atoms with Crippen LogP contribution in [0, 0.1) is 5.82 Å². The molecule has 0 amide bonds. The van der Waals surface area contributed by atoms with Crippen LogP contribution in [0.1, 0.15) is 37.3 Å². The maximum absolute atomic E-state index is 13.6. The van der Waals surface area contributed by atoms with Crippen LogP contribution in [0.5, 0.6) is 5.75 Å². The van der Waals surface area contributed by atoms with Crippen molar-refractivity contribution < 1.29 is 9.13 Å². The van der Waals surface area contributed by atoms with Crippen LogP contribution in [0.2, 0.25) is 0 Å². The van der Waals surface area contributed by atoms with Crippen LogP contribution >= 0.6 is 0 Å². The van der Waals surface area contributed by atoms with E-state index in [1.807, 2.05) is 6.07 Å². The van der Waals surface area contributed by atoms with Crippen LogP contribution in [0.25, 0.3) is 0 Å². The zero-order valence-electron chi connectivity index (χ0n) is 9.21. The van der Waals surface area contributed by atoms with Gasteiger partial charge in [-0.25, -0.2) is 4.39 Å². The Bertz CT molecular complexity index is 390. The molecule has 86 valence electrons. The molecule has 2 nitrogen and oxygen atoms in total. The van der Waals surface area contributed by atoms with Crippen LogP contribution in [0.3, 0.4) is 0 Å². The minimum atomic E-state index is -0.234. The first-order valence-electron chi connectivity index (χ1n) is 6.02. The second-order valence-corrected chi connectivity index (χ2v) is 4.64. The first kappa shape index (κ1) is 10.1. The van der Waals surface area contributed by atoms with Gasteiger partial charge in [-0.1, -0.05) is 12.1 Å². The molecule has 1 heterocycles. The largest absolute Gasteiger partial charge is 0.490 e. The van der Waals surface area contributed by atoms with Crippen molar-refractivity contribution >= 4 is 0 Å². The number of hydrogen-bond donors (Lipinski definition) is 1. The Morgan fingerprint density at radius 2 is 2.12 bits per heavy atom. The van der Waals surface area contributed by atoms with Gasteiger partial charge >= 0.3 is 0 Å². The van der Waals surface area contributed by atoms with Gasteiger partial charge < -0.3 is 10.1 Å². The average Bonchev–Trinajstić information content (AvgIpc) is 3.08. The number of ether oxygens (including phenoxy) is 1. The molecule has 1 N–H and O–H groups in total. The number of benzene rings is 1. The third kappa shape index (κ3) is 1.92. The van der Waals surface area contributed by atoms with Gasteiger partial charge in [0.2, 0.25) is 0 Å².